The third-order valence-corrected chi connectivity index (χ3v) is 5.62. The van der Waals surface area contributed by atoms with Crippen molar-refractivity contribution in [2.75, 3.05) is 0 Å². The summed E-state index contributed by atoms with van der Waals surface area (Å²) in [4.78, 5) is 12.3. The Bertz CT molecular complexity index is 1270. The first kappa shape index (κ1) is 22.1. The second kappa shape index (κ2) is 10.4. The van der Waals surface area contributed by atoms with Crippen molar-refractivity contribution in [3.05, 3.63) is 111 Å². The van der Waals surface area contributed by atoms with Crippen molar-refractivity contribution < 1.29 is 9.53 Å². The monoisotopic (exact) mass is 506 g/mol. The van der Waals surface area contributed by atoms with E-state index in [0.717, 1.165) is 31.9 Å². The van der Waals surface area contributed by atoms with Gasteiger partial charge < -0.3 is 4.74 Å². The Kier molecular flexibility index (Phi) is 7.20. The number of ether oxygens (including phenoxy) is 1. The fourth-order valence-electron chi connectivity index (χ4n) is 3.32. The molecule has 0 spiro atoms. The first-order valence-electron chi connectivity index (χ1n) is 10.0. The molecule has 1 N–H and O–H groups in total. The number of rotatable bonds is 7. The lowest BCUT2D eigenvalue weighted by Gasteiger charge is -2.12. The zero-order chi connectivity index (χ0) is 22.3. The average Bonchev–Trinajstić information content (AvgIpc) is 2.80. The highest BCUT2D eigenvalue weighted by Crippen LogP contribution is 2.27. The van der Waals surface area contributed by atoms with Gasteiger partial charge in [-0.2, -0.15) is 5.10 Å². The van der Waals surface area contributed by atoms with E-state index in [-0.39, 0.29) is 12.3 Å². The fourth-order valence-corrected chi connectivity index (χ4v) is 3.89. The van der Waals surface area contributed by atoms with Crippen LogP contribution in [0.3, 0.4) is 0 Å². The second-order valence-corrected chi connectivity index (χ2v) is 8.57. The number of nitrogens with zero attached hydrogens (tertiary/aromatic N) is 1. The molecule has 0 aliphatic heterocycles. The number of halogens is 2. The Morgan fingerprint density at radius 1 is 0.969 bits per heavy atom. The van der Waals surface area contributed by atoms with Crippen LogP contribution in [0.1, 0.15) is 16.7 Å². The standard InChI is InChI=1S/C26H20BrClN2O2/c27-21-6-3-4-19(14-21)17-32-25-13-10-20-5-1-2-7-23(20)24(25)16-29-30-26(31)15-18-8-11-22(28)12-9-18/h1-14,16H,15,17H2,(H,30,31)/b29-16+. The maximum Gasteiger partial charge on any atom is 0.244 e. The molecule has 4 nitrogen and oxygen atoms in total. The van der Waals surface area contributed by atoms with Crippen LogP contribution in [-0.4, -0.2) is 12.1 Å². The molecule has 0 saturated carbocycles. The molecule has 0 fully saturated rings. The van der Waals surface area contributed by atoms with Crippen molar-refractivity contribution >= 4 is 50.4 Å². The van der Waals surface area contributed by atoms with E-state index in [1.165, 1.54) is 0 Å². The smallest absolute Gasteiger partial charge is 0.244 e. The van der Waals surface area contributed by atoms with Gasteiger partial charge in [-0.25, -0.2) is 5.43 Å². The minimum Gasteiger partial charge on any atom is -0.488 e. The van der Waals surface area contributed by atoms with Crippen molar-refractivity contribution in [2.45, 2.75) is 13.0 Å². The SMILES string of the molecule is O=C(Cc1ccc(Cl)cc1)N/N=C/c1c(OCc2cccc(Br)c2)ccc2ccccc12. The van der Waals surface area contributed by atoms with Crippen LogP contribution in [-0.2, 0) is 17.8 Å². The van der Waals surface area contributed by atoms with Crippen molar-refractivity contribution in [2.24, 2.45) is 5.10 Å². The van der Waals surface area contributed by atoms with Gasteiger partial charge in [0.1, 0.15) is 12.4 Å². The van der Waals surface area contributed by atoms with E-state index in [0.29, 0.717) is 17.4 Å². The highest BCUT2D eigenvalue weighted by molar-refractivity contribution is 9.10. The van der Waals surface area contributed by atoms with Crippen molar-refractivity contribution in [1.82, 2.24) is 5.43 Å². The highest BCUT2D eigenvalue weighted by Gasteiger charge is 2.09. The normalized spacial score (nSPS) is 11.1. The molecule has 6 heteroatoms. The molecular weight excluding hydrogens is 488 g/mol. The number of carbonyl (C=O) groups excluding carboxylic acids is 1. The molecule has 0 aliphatic rings. The van der Waals surface area contributed by atoms with E-state index in [4.69, 9.17) is 16.3 Å². The van der Waals surface area contributed by atoms with E-state index in [1.807, 2.05) is 72.8 Å². The van der Waals surface area contributed by atoms with Crippen LogP contribution in [0, 0.1) is 0 Å². The third kappa shape index (κ3) is 5.75. The van der Waals surface area contributed by atoms with Crippen LogP contribution in [0.4, 0.5) is 0 Å². The van der Waals surface area contributed by atoms with E-state index in [2.05, 4.69) is 26.5 Å². The molecule has 0 unspecified atom stereocenters. The van der Waals surface area contributed by atoms with Gasteiger partial charge >= 0.3 is 0 Å². The molecule has 0 atom stereocenters. The Balaban J connectivity index is 1.52. The summed E-state index contributed by atoms with van der Waals surface area (Å²) in [6.07, 6.45) is 1.86. The fraction of sp³-hybridized carbons (Fsp3) is 0.0769. The number of nitrogens with one attached hydrogen (secondary N) is 1. The van der Waals surface area contributed by atoms with Gasteiger partial charge in [-0.3, -0.25) is 4.79 Å². The third-order valence-electron chi connectivity index (χ3n) is 4.87. The first-order chi connectivity index (χ1) is 15.6. The van der Waals surface area contributed by atoms with Crippen molar-refractivity contribution in [3.8, 4) is 5.75 Å². The first-order valence-corrected chi connectivity index (χ1v) is 11.2. The Morgan fingerprint density at radius 2 is 1.78 bits per heavy atom. The summed E-state index contributed by atoms with van der Waals surface area (Å²) in [7, 11) is 0. The van der Waals surface area contributed by atoms with Gasteiger partial charge in [0, 0.05) is 15.1 Å². The summed E-state index contributed by atoms with van der Waals surface area (Å²) in [6, 6.07) is 27.1. The summed E-state index contributed by atoms with van der Waals surface area (Å²) in [5, 5.41) is 6.90. The van der Waals surface area contributed by atoms with Gasteiger partial charge in [-0.15, -0.1) is 0 Å². The molecule has 0 heterocycles. The number of hydrogen-bond donors (Lipinski definition) is 1. The quantitative estimate of drug-likeness (QED) is 0.228. The molecular formula is C26H20BrClN2O2. The lowest BCUT2D eigenvalue weighted by Crippen LogP contribution is -2.19. The molecule has 0 saturated heterocycles. The summed E-state index contributed by atoms with van der Waals surface area (Å²) < 4.78 is 7.12. The van der Waals surface area contributed by atoms with Crippen LogP contribution >= 0.6 is 27.5 Å². The number of benzene rings is 4. The molecule has 1 amide bonds. The topological polar surface area (TPSA) is 50.7 Å². The van der Waals surface area contributed by atoms with Crippen LogP contribution in [0.15, 0.2) is 94.5 Å². The van der Waals surface area contributed by atoms with E-state index < -0.39 is 0 Å². The minimum atomic E-state index is -0.208. The van der Waals surface area contributed by atoms with Gasteiger partial charge in [0.2, 0.25) is 5.91 Å². The van der Waals surface area contributed by atoms with E-state index in [1.54, 1.807) is 18.3 Å². The summed E-state index contributed by atoms with van der Waals surface area (Å²) >= 11 is 9.38. The number of hydrogen-bond acceptors (Lipinski definition) is 3. The van der Waals surface area contributed by atoms with Crippen LogP contribution in [0.5, 0.6) is 5.75 Å². The molecule has 4 aromatic carbocycles. The van der Waals surface area contributed by atoms with Gasteiger partial charge in [-0.05, 0) is 52.2 Å². The molecule has 4 rings (SSSR count). The van der Waals surface area contributed by atoms with Crippen LogP contribution < -0.4 is 10.2 Å². The molecule has 0 aliphatic carbocycles. The molecule has 32 heavy (non-hydrogen) atoms. The summed E-state index contributed by atoms with van der Waals surface area (Å²) in [5.41, 5.74) is 5.33. The molecule has 0 bridgehead atoms. The average molecular weight is 508 g/mol. The zero-order valence-corrected chi connectivity index (χ0v) is 19.4. The molecule has 4 aromatic rings. The van der Waals surface area contributed by atoms with Crippen LogP contribution in [0.25, 0.3) is 10.8 Å². The van der Waals surface area contributed by atoms with Gasteiger partial charge in [0.25, 0.3) is 0 Å². The summed E-state index contributed by atoms with van der Waals surface area (Å²) in [6.45, 7) is 0.418. The number of hydrazone groups is 1. The van der Waals surface area contributed by atoms with Gasteiger partial charge in [0.15, 0.2) is 0 Å². The van der Waals surface area contributed by atoms with E-state index in [9.17, 15) is 4.79 Å². The van der Waals surface area contributed by atoms with Gasteiger partial charge in [0.05, 0.1) is 12.6 Å². The second-order valence-electron chi connectivity index (χ2n) is 7.21. The van der Waals surface area contributed by atoms with Crippen LogP contribution in [0.2, 0.25) is 5.02 Å². The molecule has 0 aromatic heterocycles. The predicted octanol–water partition coefficient (Wildman–Crippen LogP) is 6.53. The Hall–Kier alpha value is -3.15. The Labute approximate surface area is 200 Å². The minimum absolute atomic E-state index is 0.208. The van der Waals surface area contributed by atoms with E-state index >= 15 is 0 Å². The lowest BCUT2D eigenvalue weighted by atomic mass is 10.0. The molecule has 0 radical (unpaired) electrons. The van der Waals surface area contributed by atoms with Crippen molar-refractivity contribution in [3.63, 3.8) is 0 Å². The number of carbonyl (C=O) groups is 1. The predicted molar refractivity (Wildman–Crippen MR) is 133 cm³/mol. The van der Waals surface area contributed by atoms with Gasteiger partial charge in [-0.1, -0.05) is 82.1 Å². The number of fused-ring (bicyclic) bond motifs is 1. The van der Waals surface area contributed by atoms with Crippen molar-refractivity contribution in [1.29, 1.82) is 0 Å². The summed E-state index contributed by atoms with van der Waals surface area (Å²) in [5.74, 6) is 0.486. The lowest BCUT2D eigenvalue weighted by molar-refractivity contribution is -0.120. The number of amides is 1. The maximum absolute atomic E-state index is 12.3. The zero-order valence-electron chi connectivity index (χ0n) is 17.1. The molecule has 160 valence electrons. The maximum atomic E-state index is 12.3. The largest absolute Gasteiger partial charge is 0.488 e. The Morgan fingerprint density at radius 3 is 2.59 bits per heavy atom. The highest BCUT2D eigenvalue weighted by atomic mass is 79.9.